The number of thiophene rings is 1. The highest BCUT2D eigenvalue weighted by molar-refractivity contribution is 7.13. The second-order valence-corrected chi connectivity index (χ2v) is 4.76. The van der Waals surface area contributed by atoms with Crippen LogP contribution in [0.5, 0.6) is 0 Å². The Balaban J connectivity index is 2.30. The standard InChI is InChI=1S/C12H8N4O2S/c1-2-5-16-11(17)8-10(15-12(16)18)14-9(13-8)7-4-3-6-19-7/h1,3-4,6H,5H2,(H,13,14)(H,15,18). The zero-order valence-corrected chi connectivity index (χ0v) is 10.5. The lowest BCUT2D eigenvalue weighted by Gasteiger charge is -1.97. The fourth-order valence-electron chi connectivity index (χ4n) is 1.78. The highest BCUT2D eigenvalue weighted by atomic mass is 32.1. The predicted octanol–water partition coefficient (Wildman–Crippen LogP) is 0.775. The number of imidazole rings is 1. The summed E-state index contributed by atoms with van der Waals surface area (Å²) in [6.07, 6.45) is 5.14. The smallest absolute Gasteiger partial charge is 0.330 e. The fraction of sp³-hybridized carbons (Fsp3) is 0.0833. The molecule has 0 aliphatic heterocycles. The summed E-state index contributed by atoms with van der Waals surface area (Å²) in [4.78, 5) is 34.4. The fourth-order valence-corrected chi connectivity index (χ4v) is 2.45. The van der Waals surface area contributed by atoms with Crippen molar-refractivity contribution in [3.8, 4) is 23.0 Å². The van der Waals surface area contributed by atoms with Gasteiger partial charge in [0.1, 0.15) is 5.52 Å². The van der Waals surface area contributed by atoms with E-state index in [0.717, 1.165) is 9.44 Å². The number of aromatic nitrogens is 4. The molecule has 0 amide bonds. The third kappa shape index (κ3) is 1.78. The summed E-state index contributed by atoms with van der Waals surface area (Å²) < 4.78 is 0.957. The van der Waals surface area contributed by atoms with E-state index >= 15 is 0 Å². The van der Waals surface area contributed by atoms with Crippen molar-refractivity contribution in [3.05, 3.63) is 38.4 Å². The Morgan fingerprint density at radius 1 is 1.42 bits per heavy atom. The molecule has 0 fully saturated rings. The highest BCUT2D eigenvalue weighted by Crippen LogP contribution is 2.22. The lowest BCUT2D eigenvalue weighted by atomic mass is 10.4. The van der Waals surface area contributed by atoms with Gasteiger partial charge in [-0.1, -0.05) is 12.0 Å². The molecule has 3 aromatic rings. The van der Waals surface area contributed by atoms with E-state index in [1.54, 1.807) is 0 Å². The van der Waals surface area contributed by atoms with Crippen LogP contribution in [-0.4, -0.2) is 19.5 Å². The first-order valence-corrected chi connectivity index (χ1v) is 6.29. The number of aromatic amines is 2. The zero-order valence-electron chi connectivity index (χ0n) is 9.64. The number of nitrogens with zero attached hydrogens (tertiary/aromatic N) is 2. The normalized spacial score (nSPS) is 10.7. The third-order valence-corrected chi connectivity index (χ3v) is 3.51. The molecular weight excluding hydrogens is 264 g/mol. The topological polar surface area (TPSA) is 83.5 Å². The van der Waals surface area contributed by atoms with Gasteiger partial charge in [0.05, 0.1) is 11.4 Å². The van der Waals surface area contributed by atoms with Gasteiger partial charge in [-0.15, -0.1) is 17.8 Å². The minimum Gasteiger partial charge on any atom is -0.331 e. The summed E-state index contributed by atoms with van der Waals surface area (Å²) >= 11 is 1.49. The summed E-state index contributed by atoms with van der Waals surface area (Å²) in [7, 11) is 0. The minimum atomic E-state index is -0.556. The third-order valence-electron chi connectivity index (χ3n) is 2.64. The Kier molecular flexibility index (Phi) is 2.58. The number of hydrogen-bond donors (Lipinski definition) is 2. The maximum atomic E-state index is 12.1. The first-order valence-electron chi connectivity index (χ1n) is 5.41. The Labute approximate surface area is 110 Å². The van der Waals surface area contributed by atoms with Crippen molar-refractivity contribution in [1.29, 1.82) is 0 Å². The largest absolute Gasteiger partial charge is 0.331 e. The highest BCUT2D eigenvalue weighted by Gasteiger charge is 2.12. The van der Waals surface area contributed by atoms with Gasteiger partial charge in [-0.3, -0.25) is 9.78 Å². The predicted molar refractivity (Wildman–Crippen MR) is 73.1 cm³/mol. The van der Waals surface area contributed by atoms with Gasteiger partial charge in [0, 0.05) is 0 Å². The maximum absolute atomic E-state index is 12.1. The van der Waals surface area contributed by atoms with E-state index in [2.05, 4.69) is 20.9 Å². The van der Waals surface area contributed by atoms with Gasteiger partial charge in [-0.2, -0.15) is 0 Å². The molecule has 0 aliphatic carbocycles. The van der Waals surface area contributed by atoms with Crippen LogP contribution in [0.4, 0.5) is 0 Å². The van der Waals surface area contributed by atoms with Gasteiger partial charge in [-0.05, 0) is 11.4 Å². The number of nitrogens with one attached hydrogen (secondary N) is 2. The number of rotatable bonds is 2. The van der Waals surface area contributed by atoms with Gasteiger partial charge in [0.15, 0.2) is 11.5 Å². The maximum Gasteiger partial charge on any atom is 0.330 e. The van der Waals surface area contributed by atoms with E-state index in [9.17, 15) is 9.59 Å². The van der Waals surface area contributed by atoms with Crippen molar-refractivity contribution < 1.29 is 0 Å². The number of H-pyrrole nitrogens is 2. The summed E-state index contributed by atoms with van der Waals surface area (Å²) in [5.41, 5.74) is -0.531. The first kappa shape index (κ1) is 11.5. The van der Waals surface area contributed by atoms with Crippen molar-refractivity contribution >= 4 is 22.5 Å². The van der Waals surface area contributed by atoms with Gasteiger partial charge >= 0.3 is 5.69 Å². The molecule has 0 aliphatic rings. The summed E-state index contributed by atoms with van der Waals surface area (Å²) in [5, 5.41) is 1.90. The second kappa shape index (κ2) is 4.26. The van der Waals surface area contributed by atoms with Crippen LogP contribution in [0.3, 0.4) is 0 Å². The summed E-state index contributed by atoms with van der Waals surface area (Å²) in [6.45, 7) is -0.0720. The van der Waals surface area contributed by atoms with Crippen LogP contribution in [0.15, 0.2) is 27.1 Å². The van der Waals surface area contributed by atoms with Crippen LogP contribution < -0.4 is 11.2 Å². The number of fused-ring (bicyclic) bond motifs is 1. The Morgan fingerprint density at radius 2 is 2.26 bits per heavy atom. The van der Waals surface area contributed by atoms with Gasteiger partial charge in [-0.25, -0.2) is 14.3 Å². The minimum absolute atomic E-state index is 0.0720. The SMILES string of the molecule is C#CCn1c(=O)[nH]c2nc(-c3cccs3)[nH]c2c1=O. The van der Waals surface area contributed by atoms with Crippen molar-refractivity contribution in [1.82, 2.24) is 19.5 Å². The first-order chi connectivity index (χ1) is 9.20. The molecule has 0 spiro atoms. The molecule has 94 valence electrons. The molecule has 3 heterocycles. The van der Waals surface area contributed by atoms with E-state index in [-0.39, 0.29) is 17.7 Å². The number of hydrogen-bond acceptors (Lipinski definition) is 4. The molecule has 19 heavy (non-hydrogen) atoms. The lowest BCUT2D eigenvalue weighted by molar-refractivity contribution is 0.739. The molecule has 0 aromatic carbocycles. The van der Waals surface area contributed by atoms with Crippen LogP contribution >= 0.6 is 11.3 Å². The van der Waals surface area contributed by atoms with Crippen molar-refractivity contribution in [2.75, 3.05) is 0 Å². The average Bonchev–Trinajstić information content (AvgIpc) is 3.02. The van der Waals surface area contributed by atoms with Crippen molar-refractivity contribution in [2.24, 2.45) is 0 Å². The van der Waals surface area contributed by atoms with E-state index in [4.69, 9.17) is 6.42 Å². The van der Waals surface area contributed by atoms with Crippen LogP contribution in [0.25, 0.3) is 21.9 Å². The molecule has 6 nitrogen and oxygen atoms in total. The summed E-state index contributed by atoms with van der Waals surface area (Å²) in [6, 6.07) is 3.76. The molecule has 0 radical (unpaired) electrons. The Morgan fingerprint density at radius 3 is 2.95 bits per heavy atom. The molecule has 0 atom stereocenters. The van der Waals surface area contributed by atoms with Crippen LogP contribution in [-0.2, 0) is 6.54 Å². The molecule has 0 bridgehead atoms. The van der Waals surface area contributed by atoms with Crippen molar-refractivity contribution in [3.63, 3.8) is 0 Å². The number of terminal acetylenes is 1. The average molecular weight is 272 g/mol. The quantitative estimate of drug-likeness (QED) is 0.676. The lowest BCUT2D eigenvalue weighted by Crippen LogP contribution is -2.34. The molecule has 0 saturated heterocycles. The molecule has 3 rings (SSSR count). The Hall–Kier alpha value is -2.59. The molecule has 3 aromatic heterocycles. The van der Waals surface area contributed by atoms with Gasteiger partial charge in [0.25, 0.3) is 5.56 Å². The molecule has 7 heteroatoms. The second-order valence-electron chi connectivity index (χ2n) is 3.81. The summed E-state index contributed by atoms with van der Waals surface area (Å²) in [5.74, 6) is 2.83. The van der Waals surface area contributed by atoms with E-state index in [1.165, 1.54) is 11.3 Å². The molecule has 0 saturated carbocycles. The monoisotopic (exact) mass is 272 g/mol. The zero-order chi connectivity index (χ0) is 13.4. The molecule has 0 unspecified atom stereocenters. The Bertz CT molecular complexity index is 893. The van der Waals surface area contributed by atoms with E-state index in [0.29, 0.717) is 5.82 Å². The van der Waals surface area contributed by atoms with Gasteiger partial charge < -0.3 is 4.98 Å². The van der Waals surface area contributed by atoms with Gasteiger partial charge in [0.2, 0.25) is 0 Å². The van der Waals surface area contributed by atoms with E-state index in [1.807, 2.05) is 17.5 Å². The molecular formula is C12H8N4O2S. The van der Waals surface area contributed by atoms with E-state index < -0.39 is 11.2 Å². The molecule has 2 N–H and O–H groups in total. The van der Waals surface area contributed by atoms with Crippen LogP contribution in [0.2, 0.25) is 0 Å². The van der Waals surface area contributed by atoms with Crippen LogP contribution in [0.1, 0.15) is 0 Å². The van der Waals surface area contributed by atoms with Crippen molar-refractivity contribution in [2.45, 2.75) is 6.54 Å². The van der Waals surface area contributed by atoms with Crippen LogP contribution in [0, 0.1) is 12.3 Å².